The molecule has 2 heterocycles. The quantitative estimate of drug-likeness (QED) is 0.746. The summed E-state index contributed by atoms with van der Waals surface area (Å²) in [7, 11) is 0. The van der Waals surface area contributed by atoms with Crippen molar-refractivity contribution >= 4 is 23.2 Å². The highest BCUT2D eigenvalue weighted by Gasteiger charge is 2.46. The number of hydrogen-bond donors (Lipinski definition) is 0. The summed E-state index contributed by atoms with van der Waals surface area (Å²) in [5.41, 5.74) is 1.69. The fourth-order valence-corrected chi connectivity index (χ4v) is 3.44. The van der Waals surface area contributed by atoms with Gasteiger partial charge in [0.15, 0.2) is 5.79 Å². The maximum atomic E-state index is 6.10. The topological polar surface area (TPSA) is 40.6 Å². The van der Waals surface area contributed by atoms with Gasteiger partial charge in [-0.25, -0.2) is 4.98 Å². The number of benzene rings is 1. The van der Waals surface area contributed by atoms with Crippen LogP contribution in [-0.4, -0.2) is 18.2 Å². The molecule has 1 aromatic carbocycles. The molecule has 1 spiro atoms. The summed E-state index contributed by atoms with van der Waals surface area (Å²) in [6, 6.07) is 11.0. The normalized spacial score (nSPS) is 22.1. The van der Waals surface area contributed by atoms with Crippen LogP contribution in [-0.2, 0) is 15.3 Å². The highest BCUT2D eigenvalue weighted by atomic mass is 35.5. The Balaban J connectivity index is 1.69. The average Bonchev–Trinajstić information content (AvgIpc) is 3.02. The summed E-state index contributed by atoms with van der Waals surface area (Å²) in [4.78, 5) is 4.48. The maximum Gasteiger partial charge on any atom is 0.197 e. The van der Waals surface area contributed by atoms with Crippen molar-refractivity contribution in [2.75, 3.05) is 13.2 Å². The van der Waals surface area contributed by atoms with Gasteiger partial charge in [0, 0.05) is 17.0 Å². The van der Waals surface area contributed by atoms with Crippen LogP contribution in [0, 0.1) is 0 Å². The van der Waals surface area contributed by atoms with E-state index in [9.17, 15) is 0 Å². The number of halogens is 2. The van der Waals surface area contributed by atoms with E-state index in [1.54, 1.807) is 18.2 Å². The van der Waals surface area contributed by atoms with Crippen molar-refractivity contribution in [3.05, 3.63) is 57.8 Å². The fraction of sp³-hybridized carbons (Fsp3) is 0.353. The summed E-state index contributed by atoms with van der Waals surface area (Å²) in [6.45, 7) is 1.18. The third-order valence-electron chi connectivity index (χ3n) is 4.19. The fourth-order valence-electron chi connectivity index (χ4n) is 3.16. The first-order chi connectivity index (χ1) is 11.2. The van der Waals surface area contributed by atoms with Crippen molar-refractivity contribution in [2.24, 2.45) is 0 Å². The van der Waals surface area contributed by atoms with Gasteiger partial charge in [0.05, 0.1) is 18.9 Å². The Morgan fingerprint density at radius 1 is 1.04 bits per heavy atom. The summed E-state index contributed by atoms with van der Waals surface area (Å²) < 4.78 is 17.9. The van der Waals surface area contributed by atoms with Gasteiger partial charge < -0.3 is 14.2 Å². The Morgan fingerprint density at radius 3 is 2.52 bits per heavy atom. The van der Waals surface area contributed by atoms with E-state index in [0.717, 1.165) is 29.8 Å². The number of ether oxygens (including phenoxy) is 3. The molecule has 6 heteroatoms. The summed E-state index contributed by atoms with van der Waals surface area (Å²) in [5.74, 6) is 0.0450. The lowest BCUT2D eigenvalue weighted by molar-refractivity contribution is -0.182. The van der Waals surface area contributed by atoms with E-state index in [2.05, 4.69) is 4.98 Å². The van der Waals surface area contributed by atoms with Gasteiger partial charge in [0.1, 0.15) is 17.0 Å². The minimum atomic E-state index is -0.702. The molecule has 2 aliphatic rings. The molecule has 0 saturated carbocycles. The zero-order valence-corrected chi connectivity index (χ0v) is 13.8. The smallest absolute Gasteiger partial charge is 0.197 e. The van der Waals surface area contributed by atoms with Crippen molar-refractivity contribution in [2.45, 2.75) is 24.7 Å². The number of fused-ring (bicyclic) bond motifs is 2. The van der Waals surface area contributed by atoms with Crippen molar-refractivity contribution in [3.63, 3.8) is 0 Å². The highest BCUT2D eigenvalue weighted by molar-refractivity contribution is 6.30. The SMILES string of the molecule is Clc1ccc(OC2CCC3(OCCO3)c3ccc(Cl)nc32)cc1. The van der Waals surface area contributed by atoms with Gasteiger partial charge in [-0.1, -0.05) is 23.2 Å². The van der Waals surface area contributed by atoms with E-state index in [0.29, 0.717) is 23.4 Å². The molecular formula is C17H15Cl2NO3. The highest BCUT2D eigenvalue weighted by Crippen LogP contribution is 2.46. The van der Waals surface area contributed by atoms with Crippen LogP contribution in [0.25, 0.3) is 0 Å². The maximum absolute atomic E-state index is 6.10. The summed E-state index contributed by atoms with van der Waals surface area (Å²) >= 11 is 12.0. The van der Waals surface area contributed by atoms with E-state index < -0.39 is 5.79 Å². The van der Waals surface area contributed by atoms with Gasteiger partial charge in [-0.2, -0.15) is 0 Å². The Hall–Kier alpha value is -1.33. The Kier molecular flexibility index (Phi) is 3.93. The molecule has 2 aromatic rings. The molecule has 0 N–H and O–H groups in total. The van der Waals surface area contributed by atoms with Gasteiger partial charge in [0.25, 0.3) is 0 Å². The Morgan fingerprint density at radius 2 is 1.78 bits per heavy atom. The van der Waals surface area contributed by atoms with E-state index >= 15 is 0 Å². The molecule has 1 aromatic heterocycles. The van der Waals surface area contributed by atoms with E-state index in [1.165, 1.54) is 0 Å². The second-order valence-corrected chi connectivity index (χ2v) is 6.44. The van der Waals surface area contributed by atoms with Gasteiger partial charge in [-0.05, 0) is 42.8 Å². The predicted octanol–water partition coefficient (Wildman–Crippen LogP) is 4.50. The number of rotatable bonds is 2. The number of aromatic nitrogens is 1. The summed E-state index contributed by atoms with van der Waals surface area (Å²) in [5, 5.41) is 1.11. The molecule has 23 heavy (non-hydrogen) atoms. The lowest BCUT2D eigenvalue weighted by atomic mass is 9.88. The molecule has 4 nitrogen and oxygen atoms in total. The second-order valence-electron chi connectivity index (χ2n) is 5.62. The first-order valence-electron chi connectivity index (χ1n) is 7.53. The molecule has 1 aliphatic heterocycles. The summed E-state index contributed by atoms with van der Waals surface area (Å²) in [6.07, 6.45) is 1.27. The van der Waals surface area contributed by atoms with E-state index in [1.807, 2.05) is 18.2 Å². The third kappa shape index (κ3) is 2.81. The van der Waals surface area contributed by atoms with Crippen molar-refractivity contribution in [1.29, 1.82) is 0 Å². The predicted molar refractivity (Wildman–Crippen MR) is 86.9 cm³/mol. The van der Waals surface area contributed by atoms with Crippen molar-refractivity contribution < 1.29 is 14.2 Å². The molecule has 0 radical (unpaired) electrons. The first-order valence-corrected chi connectivity index (χ1v) is 8.29. The van der Waals surface area contributed by atoms with Crippen LogP contribution in [0.4, 0.5) is 0 Å². The Bertz CT molecular complexity index is 714. The van der Waals surface area contributed by atoms with Crippen LogP contribution in [0.15, 0.2) is 36.4 Å². The van der Waals surface area contributed by atoms with Crippen LogP contribution in [0.1, 0.15) is 30.2 Å². The van der Waals surface area contributed by atoms with Gasteiger partial charge in [0.2, 0.25) is 0 Å². The average molecular weight is 352 g/mol. The molecule has 1 fully saturated rings. The zero-order valence-electron chi connectivity index (χ0n) is 12.3. The van der Waals surface area contributed by atoms with Crippen molar-refractivity contribution in [3.8, 4) is 5.75 Å². The zero-order chi connectivity index (χ0) is 15.9. The molecule has 4 rings (SSSR count). The molecule has 1 aliphatic carbocycles. The molecule has 1 unspecified atom stereocenters. The van der Waals surface area contributed by atoms with Gasteiger partial charge in [-0.15, -0.1) is 0 Å². The molecular weight excluding hydrogens is 337 g/mol. The van der Waals surface area contributed by atoms with E-state index in [-0.39, 0.29) is 6.10 Å². The molecule has 0 amide bonds. The van der Waals surface area contributed by atoms with Crippen molar-refractivity contribution in [1.82, 2.24) is 4.98 Å². The van der Waals surface area contributed by atoms with Crippen LogP contribution < -0.4 is 4.74 Å². The lowest BCUT2D eigenvalue weighted by Gasteiger charge is -2.36. The van der Waals surface area contributed by atoms with Crippen LogP contribution in [0.3, 0.4) is 0 Å². The minimum Gasteiger partial charge on any atom is -0.484 e. The lowest BCUT2D eigenvalue weighted by Crippen LogP contribution is -2.35. The number of nitrogens with zero attached hydrogens (tertiary/aromatic N) is 1. The standard InChI is InChI=1S/C17H15Cl2NO3/c18-11-1-3-12(4-2-11)23-14-7-8-17(21-9-10-22-17)13-5-6-15(19)20-16(13)14/h1-6,14H,7-10H2. The molecule has 1 atom stereocenters. The molecule has 120 valence electrons. The second kappa shape index (κ2) is 5.95. The Labute approximate surface area is 144 Å². The third-order valence-corrected chi connectivity index (χ3v) is 4.65. The van der Waals surface area contributed by atoms with Crippen LogP contribution in [0.2, 0.25) is 10.2 Å². The van der Waals surface area contributed by atoms with Gasteiger partial charge >= 0.3 is 0 Å². The molecule has 0 bridgehead atoms. The molecule has 1 saturated heterocycles. The van der Waals surface area contributed by atoms with Crippen LogP contribution >= 0.6 is 23.2 Å². The van der Waals surface area contributed by atoms with Crippen LogP contribution in [0.5, 0.6) is 5.75 Å². The first kappa shape index (κ1) is 15.2. The van der Waals surface area contributed by atoms with E-state index in [4.69, 9.17) is 37.4 Å². The van der Waals surface area contributed by atoms with Gasteiger partial charge in [-0.3, -0.25) is 0 Å². The largest absolute Gasteiger partial charge is 0.484 e. The minimum absolute atomic E-state index is 0.191. The number of hydrogen-bond acceptors (Lipinski definition) is 4. The monoisotopic (exact) mass is 351 g/mol. The number of pyridine rings is 1.